The van der Waals surface area contributed by atoms with Crippen LogP contribution in [0.3, 0.4) is 0 Å². The summed E-state index contributed by atoms with van der Waals surface area (Å²) < 4.78 is 16.9. The van der Waals surface area contributed by atoms with E-state index in [2.05, 4.69) is 19.8 Å². The fourth-order valence-corrected chi connectivity index (χ4v) is 1.95. The van der Waals surface area contributed by atoms with Crippen molar-refractivity contribution in [1.29, 1.82) is 0 Å². The summed E-state index contributed by atoms with van der Waals surface area (Å²) in [6, 6.07) is 0. The van der Waals surface area contributed by atoms with Gasteiger partial charge in [0, 0.05) is 19.5 Å². The number of oxazole rings is 1. The van der Waals surface area contributed by atoms with Gasteiger partial charge in [0.05, 0.1) is 37.2 Å². The number of carbonyl (C=O) groups is 1. The number of ether oxygens (including phenoxy) is 2. The molecule has 8 heteroatoms. The fourth-order valence-electron chi connectivity index (χ4n) is 1.95. The lowest BCUT2D eigenvalue weighted by Gasteiger charge is -1.96. The summed E-state index contributed by atoms with van der Waals surface area (Å²) >= 11 is 0. The smallest absolute Gasteiger partial charge is 0.376 e. The molecule has 0 bridgehead atoms. The van der Waals surface area contributed by atoms with Gasteiger partial charge in [0.15, 0.2) is 0 Å². The normalized spacial score (nSPS) is 11.0. The summed E-state index contributed by atoms with van der Waals surface area (Å²) in [5, 5.41) is 4.17. The van der Waals surface area contributed by atoms with Gasteiger partial charge in [0.25, 0.3) is 0 Å². The minimum Gasteiger partial charge on any atom is -0.463 e. The van der Waals surface area contributed by atoms with Crippen molar-refractivity contribution in [2.75, 3.05) is 14.2 Å². The predicted octanol–water partition coefficient (Wildman–Crippen LogP) is 1.32. The number of rotatable bonds is 4. The number of esters is 1. The van der Waals surface area contributed by atoms with Crippen LogP contribution in [0.15, 0.2) is 29.2 Å². The van der Waals surface area contributed by atoms with E-state index in [4.69, 9.17) is 9.15 Å². The van der Waals surface area contributed by atoms with Crippen molar-refractivity contribution >= 4 is 11.5 Å². The van der Waals surface area contributed by atoms with Crippen LogP contribution in [0.25, 0.3) is 17.0 Å². The van der Waals surface area contributed by atoms with Gasteiger partial charge < -0.3 is 13.9 Å². The lowest BCUT2D eigenvalue weighted by Crippen LogP contribution is -2.04. The molecule has 0 N–H and O–H groups in total. The third-order valence-electron chi connectivity index (χ3n) is 2.90. The van der Waals surface area contributed by atoms with Gasteiger partial charge in [-0.25, -0.2) is 14.3 Å². The van der Waals surface area contributed by atoms with E-state index in [0.717, 1.165) is 5.52 Å². The summed E-state index contributed by atoms with van der Waals surface area (Å²) in [6.07, 6.45) is 6.56. The number of fused-ring (bicyclic) bond motifs is 1. The average molecular weight is 288 g/mol. The lowest BCUT2D eigenvalue weighted by molar-refractivity contribution is 0.0559. The molecule has 0 amide bonds. The molecule has 3 aromatic rings. The SMILES string of the molecule is COCc1nc(-c2cnn3ccncc23)oc1C(=O)OC. The summed E-state index contributed by atoms with van der Waals surface area (Å²) in [7, 11) is 2.79. The molecule has 108 valence electrons. The van der Waals surface area contributed by atoms with Gasteiger partial charge >= 0.3 is 5.97 Å². The van der Waals surface area contributed by atoms with Crippen molar-refractivity contribution < 1.29 is 18.7 Å². The van der Waals surface area contributed by atoms with Crippen molar-refractivity contribution in [2.45, 2.75) is 6.61 Å². The van der Waals surface area contributed by atoms with Gasteiger partial charge in [-0.2, -0.15) is 5.10 Å². The highest BCUT2D eigenvalue weighted by atomic mass is 16.5. The molecule has 0 aliphatic heterocycles. The second-order valence-electron chi connectivity index (χ2n) is 4.18. The molecule has 3 aromatic heterocycles. The van der Waals surface area contributed by atoms with Gasteiger partial charge in [0.1, 0.15) is 5.69 Å². The van der Waals surface area contributed by atoms with E-state index in [9.17, 15) is 4.79 Å². The van der Waals surface area contributed by atoms with Gasteiger partial charge in [-0.1, -0.05) is 0 Å². The molecule has 3 heterocycles. The third-order valence-corrected chi connectivity index (χ3v) is 2.90. The maximum Gasteiger partial charge on any atom is 0.376 e. The molecule has 0 saturated heterocycles. The number of aromatic nitrogens is 4. The second-order valence-corrected chi connectivity index (χ2v) is 4.18. The zero-order valence-corrected chi connectivity index (χ0v) is 11.4. The lowest BCUT2D eigenvalue weighted by atomic mass is 10.3. The molecule has 0 aliphatic carbocycles. The Morgan fingerprint density at radius 2 is 2.24 bits per heavy atom. The second kappa shape index (κ2) is 5.33. The number of carbonyl (C=O) groups excluding carboxylic acids is 1. The van der Waals surface area contributed by atoms with E-state index in [1.165, 1.54) is 14.2 Å². The molecule has 0 spiro atoms. The maximum absolute atomic E-state index is 11.7. The van der Waals surface area contributed by atoms with Gasteiger partial charge in [-0.05, 0) is 0 Å². The minimum atomic E-state index is -0.601. The molecule has 0 radical (unpaired) electrons. The fraction of sp³-hybridized carbons (Fsp3) is 0.231. The maximum atomic E-state index is 11.7. The van der Waals surface area contributed by atoms with E-state index in [-0.39, 0.29) is 18.3 Å². The molecular formula is C13H12N4O4. The van der Waals surface area contributed by atoms with Crippen LogP contribution in [-0.2, 0) is 16.1 Å². The first-order valence-electron chi connectivity index (χ1n) is 6.09. The first-order chi connectivity index (χ1) is 10.2. The standard InChI is InChI=1S/C13H12N4O4/c1-19-7-9-11(13(18)20-2)21-12(16-9)8-5-15-17-4-3-14-6-10(8)17/h3-6H,7H2,1-2H3. The Morgan fingerprint density at radius 1 is 1.38 bits per heavy atom. The molecule has 3 rings (SSSR count). The molecule has 0 aromatic carbocycles. The van der Waals surface area contributed by atoms with Crippen LogP contribution in [0, 0.1) is 0 Å². The van der Waals surface area contributed by atoms with Crippen LogP contribution in [0.1, 0.15) is 16.2 Å². The number of hydrogen-bond donors (Lipinski definition) is 0. The van der Waals surface area contributed by atoms with Crippen molar-refractivity contribution in [1.82, 2.24) is 19.6 Å². The first-order valence-corrected chi connectivity index (χ1v) is 6.09. The quantitative estimate of drug-likeness (QED) is 0.668. The van der Waals surface area contributed by atoms with E-state index < -0.39 is 5.97 Å². The van der Waals surface area contributed by atoms with Gasteiger partial charge in [-0.3, -0.25) is 4.98 Å². The van der Waals surface area contributed by atoms with Crippen LogP contribution in [0.4, 0.5) is 0 Å². The number of hydrogen-bond acceptors (Lipinski definition) is 7. The Morgan fingerprint density at radius 3 is 3.00 bits per heavy atom. The molecule has 0 atom stereocenters. The summed E-state index contributed by atoms with van der Waals surface area (Å²) in [5.41, 5.74) is 1.73. The molecule has 0 saturated carbocycles. The van der Waals surface area contributed by atoms with E-state index in [1.54, 1.807) is 29.3 Å². The first kappa shape index (κ1) is 13.3. The molecule has 0 aliphatic rings. The molecule has 0 unspecified atom stereocenters. The molecular weight excluding hydrogens is 276 g/mol. The Labute approximate surface area is 119 Å². The van der Waals surface area contributed by atoms with Crippen molar-refractivity contribution in [3.63, 3.8) is 0 Å². The highest BCUT2D eigenvalue weighted by Gasteiger charge is 2.23. The topological polar surface area (TPSA) is 91.8 Å². The highest BCUT2D eigenvalue weighted by Crippen LogP contribution is 2.26. The van der Waals surface area contributed by atoms with Gasteiger partial charge in [-0.15, -0.1) is 0 Å². The van der Waals surface area contributed by atoms with Crippen LogP contribution >= 0.6 is 0 Å². The molecule has 0 fully saturated rings. The summed E-state index contributed by atoms with van der Waals surface area (Å²) in [6.45, 7) is 0.144. The Balaban J connectivity index is 2.12. The van der Waals surface area contributed by atoms with Crippen LogP contribution in [0.5, 0.6) is 0 Å². The zero-order valence-electron chi connectivity index (χ0n) is 11.4. The summed E-state index contributed by atoms with van der Waals surface area (Å²) in [5.74, 6) is -0.307. The molecule has 21 heavy (non-hydrogen) atoms. The van der Waals surface area contributed by atoms with Crippen LogP contribution in [-0.4, -0.2) is 39.8 Å². The number of methoxy groups -OCH3 is 2. The van der Waals surface area contributed by atoms with Crippen LogP contribution in [0.2, 0.25) is 0 Å². The minimum absolute atomic E-state index is 0.0255. The largest absolute Gasteiger partial charge is 0.463 e. The zero-order chi connectivity index (χ0) is 14.8. The molecule has 8 nitrogen and oxygen atoms in total. The van der Waals surface area contributed by atoms with Crippen molar-refractivity contribution in [3.05, 3.63) is 36.2 Å². The monoisotopic (exact) mass is 288 g/mol. The predicted molar refractivity (Wildman–Crippen MR) is 70.5 cm³/mol. The third kappa shape index (κ3) is 2.25. The van der Waals surface area contributed by atoms with E-state index in [1.807, 2.05) is 0 Å². The Hall–Kier alpha value is -2.74. The van der Waals surface area contributed by atoms with Gasteiger partial charge in [0.2, 0.25) is 11.7 Å². The average Bonchev–Trinajstić information content (AvgIpc) is 3.10. The Kier molecular flexibility index (Phi) is 3.36. The summed E-state index contributed by atoms with van der Waals surface area (Å²) in [4.78, 5) is 20.0. The van der Waals surface area contributed by atoms with E-state index in [0.29, 0.717) is 11.3 Å². The van der Waals surface area contributed by atoms with E-state index >= 15 is 0 Å². The highest BCUT2D eigenvalue weighted by molar-refractivity contribution is 5.88. The Bertz CT molecular complexity index is 792. The van der Waals surface area contributed by atoms with Crippen LogP contribution < -0.4 is 0 Å². The van der Waals surface area contributed by atoms with Crippen molar-refractivity contribution in [2.24, 2.45) is 0 Å². The number of nitrogens with zero attached hydrogens (tertiary/aromatic N) is 4. The van der Waals surface area contributed by atoms with Crippen molar-refractivity contribution in [3.8, 4) is 11.5 Å².